The van der Waals surface area contributed by atoms with Gasteiger partial charge in [-0.05, 0) is 36.9 Å². The van der Waals surface area contributed by atoms with Crippen molar-refractivity contribution in [2.75, 3.05) is 13.1 Å². The van der Waals surface area contributed by atoms with E-state index in [1.54, 1.807) is 6.07 Å². The smallest absolute Gasteiger partial charge is 0.299 e. The Labute approximate surface area is 106 Å². The number of nitro benzene ring substituents is 1. The zero-order chi connectivity index (χ0) is 13.1. The number of halogens is 1. The molecule has 1 fully saturated rings. The molecule has 2 rings (SSSR count). The van der Waals surface area contributed by atoms with Crippen molar-refractivity contribution >= 4 is 5.69 Å². The highest BCUT2D eigenvalue weighted by atomic mass is 19.1. The summed E-state index contributed by atoms with van der Waals surface area (Å²) in [6.45, 7) is 4.68. The van der Waals surface area contributed by atoms with Crippen LogP contribution >= 0.6 is 0 Å². The lowest BCUT2D eigenvalue weighted by Gasteiger charge is -2.20. The summed E-state index contributed by atoms with van der Waals surface area (Å²) in [5.41, 5.74) is 0.338. The zero-order valence-electron chi connectivity index (χ0n) is 10.4. The number of benzene rings is 1. The highest BCUT2D eigenvalue weighted by molar-refractivity contribution is 5.34. The van der Waals surface area contributed by atoms with Gasteiger partial charge in [0, 0.05) is 19.2 Å². The first kappa shape index (κ1) is 13.0. The molecule has 0 amide bonds. The van der Waals surface area contributed by atoms with Crippen molar-refractivity contribution in [3.63, 3.8) is 0 Å². The first-order valence-corrected chi connectivity index (χ1v) is 6.25. The van der Waals surface area contributed by atoms with Crippen LogP contribution in [0.1, 0.15) is 25.3 Å². The second-order valence-corrected chi connectivity index (χ2v) is 4.81. The molecule has 1 aromatic carbocycles. The van der Waals surface area contributed by atoms with E-state index in [0.717, 1.165) is 24.6 Å². The average molecular weight is 252 g/mol. The fourth-order valence-electron chi connectivity index (χ4n) is 2.03. The largest absolute Gasteiger partial charge is 0.304 e. The quantitative estimate of drug-likeness (QED) is 0.577. The molecule has 0 unspecified atom stereocenters. The molecule has 4 nitrogen and oxygen atoms in total. The second-order valence-electron chi connectivity index (χ2n) is 4.81. The summed E-state index contributed by atoms with van der Waals surface area (Å²) >= 11 is 0. The fraction of sp³-hybridized carbons (Fsp3) is 0.538. The maximum Gasteiger partial charge on any atom is 0.304 e. The summed E-state index contributed by atoms with van der Waals surface area (Å²) in [7, 11) is 0. The van der Waals surface area contributed by atoms with Gasteiger partial charge in [-0.25, -0.2) is 0 Å². The van der Waals surface area contributed by atoms with Crippen molar-refractivity contribution in [1.82, 2.24) is 4.90 Å². The summed E-state index contributed by atoms with van der Waals surface area (Å²) in [5, 5.41) is 10.5. The molecule has 0 heterocycles. The Balaban J connectivity index is 2.03. The predicted molar refractivity (Wildman–Crippen MR) is 66.7 cm³/mol. The standard InChI is InChI=1S/C13H17FN2O2/c1-2-15(8-10-3-4-10)9-11-5-6-13(16(17)18)12(14)7-11/h5-7,10H,2-4,8-9H2,1H3. The highest BCUT2D eigenvalue weighted by Gasteiger charge is 2.24. The minimum Gasteiger partial charge on any atom is -0.299 e. The molecule has 98 valence electrons. The number of nitro groups is 1. The third kappa shape index (κ3) is 3.26. The molecule has 1 aliphatic carbocycles. The van der Waals surface area contributed by atoms with E-state index in [1.165, 1.54) is 25.0 Å². The Kier molecular flexibility index (Phi) is 3.91. The topological polar surface area (TPSA) is 46.4 Å². The third-order valence-corrected chi connectivity index (χ3v) is 3.28. The summed E-state index contributed by atoms with van der Waals surface area (Å²) in [6, 6.07) is 4.15. The van der Waals surface area contributed by atoms with Gasteiger partial charge in [-0.3, -0.25) is 15.0 Å². The van der Waals surface area contributed by atoms with Gasteiger partial charge in [0.1, 0.15) is 0 Å². The van der Waals surface area contributed by atoms with Crippen molar-refractivity contribution in [3.05, 3.63) is 39.7 Å². The van der Waals surface area contributed by atoms with E-state index in [9.17, 15) is 14.5 Å². The molecule has 0 radical (unpaired) electrons. The van der Waals surface area contributed by atoms with E-state index in [0.29, 0.717) is 6.54 Å². The molecule has 0 spiro atoms. The van der Waals surface area contributed by atoms with Crippen LogP contribution in [-0.4, -0.2) is 22.9 Å². The average Bonchev–Trinajstić information content (AvgIpc) is 3.11. The summed E-state index contributed by atoms with van der Waals surface area (Å²) < 4.78 is 13.5. The van der Waals surface area contributed by atoms with Gasteiger partial charge in [0.05, 0.1) is 4.92 Å². The van der Waals surface area contributed by atoms with Gasteiger partial charge in [0.2, 0.25) is 5.82 Å². The third-order valence-electron chi connectivity index (χ3n) is 3.28. The Morgan fingerprint density at radius 1 is 1.50 bits per heavy atom. The lowest BCUT2D eigenvalue weighted by Crippen LogP contribution is -2.25. The van der Waals surface area contributed by atoms with Gasteiger partial charge >= 0.3 is 5.69 Å². The number of rotatable bonds is 6. The van der Waals surface area contributed by atoms with Crippen LogP contribution in [0, 0.1) is 21.8 Å². The van der Waals surface area contributed by atoms with E-state index in [1.807, 2.05) is 0 Å². The lowest BCUT2D eigenvalue weighted by atomic mass is 10.2. The number of nitrogens with zero attached hydrogens (tertiary/aromatic N) is 2. The van der Waals surface area contributed by atoms with E-state index >= 15 is 0 Å². The van der Waals surface area contributed by atoms with Gasteiger partial charge in [0.15, 0.2) is 0 Å². The molecule has 0 bridgehead atoms. The first-order valence-electron chi connectivity index (χ1n) is 6.25. The van der Waals surface area contributed by atoms with E-state index in [2.05, 4.69) is 11.8 Å². The van der Waals surface area contributed by atoms with Gasteiger partial charge in [-0.1, -0.05) is 13.0 Å². The Morgan fingerprint density at radius 3 is 2.72 bits per heavy atom. The van der Waals surface area contributed by atoms with E-state index in [4.69, 9.17) is 0 Å². The molecule has 0 N–H and O–H groups in total. The lowest BCUT2D eigenvalue weighted by molar-refractivity contribution is -0.387. The predicted octanol–water partition coefficient (Wildman–Crippen LogP) is 2.97. The maximum atomic E-state index is 13.5. The van der Waals surface area contributed by atoms with Crippen LogP contribution in [0.25, 0.3) is 0 Å². The molecular formula is C13H17FN2O2. The number of hydrogen-bond acceptors (Lipinski definition) is 3. The van der Waals surface area contributed by atoms with Crippen LogP contribution < -0.4 is 0 Å². The van der Waals surface area contributed by atoms with Crippen LogP contribution in [0.15, 0.2) is 18.2 Å². The van der Waals surface area contributed by atoms with Crippen molar-refractivity contribution in [3.8, 4) is 0 Å². The molecule has 0 aliphatic heterocycles. The molecule has 18 heavy (non-hydrogen) atoms. The summed E-state index contributed by atoms with van der Waals surface area (Å²) in [5.74, 6) is 0.0350. The van der Waals surface area contributed by atoms with Gasteiger partial charge in [-0.2, -0.15) is 4.39 Å². The zero-order valence-corrected chi connectivity index (χ0v) is 10.4. The fourth-order valence-corrected chi connectivity index (χ4v) is 2.03. The maximum absolute atomic E-state index is 13.5. The second kappa shape index (κ2) is 5.44. The molecule has 1 aromatic rings. The van der Waals surface area contributed by atoms with Crippen molar-refractivity contribution < 1.29 is 9.31 Å². The van der Waals surface area contributed by atoms with Crippen LogP contribution in [-0.2, 0) is 6.54 Å². The van der Waals surface area contributed by atoms with Crippen molar-refractivity contribution in [1.29, 1.82) is 0 Å². The molecule has 0 saturated heterocycles. The molecule has 5 heteroatoms. The SMILES string of the molecule is CCN(Cc1ccc([N+](=O)[O-])c(F)c1)CC1CC1. The molecular weight excluding hydrogens is 235 g/mol. The molecule has 0 atom stereocenters. The van der Waals surface area contributed by atoms with Gasteiger partial charge in [0.25, 0.3) is 0 Å². The molecule has 1 aliphatic rings. The van der Waals surface area contributed by atoms with Gasteiger partial charge in [-0.15, -0.1) is 0 Å². The minimum atomic E-state index is -0.750. The molecule has 0 aromatic heterocycles. The Morgan fingerprint density at radius 2 is 2.22 bits per heavy atom. The van der Waals surface area contributed by atoms with Crippen LogP contribution in [0.3, 0.4) is 0 Å². The monoisotopic (exact) mass is 252 g/mol. The van der Waals surface area contributed by atoms with E-state index in [-0.39, 0.29) is 0 Å². The first-order chi connectivity index (χ1) is 8.60. The van der Waals surface area contributed by atoms with Gasteiger partial charge < -0.3 is 0 Å². The Hall–Kier alpha value is -1.49. The summed E-state index contributed by atoms with van der Waals surface area (Å²) in [6.07, 6.45) is 2.57. The van der Waals surface area contributed by atoms with Crippen LogP contribution in [0.2, 0.25) is 0 Å². The van der Waals surface area contributed by atoms with Crippen molar-refractivity contribution in [2.24, 2.45) is 5.92 Å². The number of hydrogen-bond donors (Lipinski definition) is 0. The van der Waals surface area contributed by atoms with Crippen LogP contribution in [0.5, 0.6) is 0 Å². The normalized spacial score (nSPS) is 15.1. The summed E-state index contributed by atoms with van der Waals surface area (Å²) in [4.78, 5) is 12.1. The van der Waals surface area contributed by atoms with Crippen LogP contribution in [0.4, 0.5) is 10.1 Å². The minimum absolute atomic E-state index is 0.455. The van der Waals surface area contributed by atoms with Crippen molar-refractivity contribution in [2.45, 2.75) is 26.3 Å². The molecule has 1 saturated carbocycles. The highest BCUT2D eigenvalue weighted by Crippen LogP contribution is 2.30. The van der Waals surface area contributed by atoms with E-state index < -0.39 is 16.4 Å². The Bertz CT molecular complexity index is 447.